The molecule has 4 aromatic rings. The maximum atomic E-state index is 14.7. The highest BCUT2D eigenvalue weighted by molar-refractivity contribution is 7.59. The van der Waals surface area contributed by atoms with Crippen molar-refractivity contribution in [3.8, 4) is 40.1 Å². The topological polar surface area (TPSA) is 192 Å². The molecule has 2 aromatic heterocycles. The van der Waals surface area contributed by atoms with Gasteiger partial charge in [-0.3, -0.25) is 38.9 Å². The third kappa shape index (κ3) is 14.3. The average Bonchev–Trinajstić information content (AvgIpc) is 3.98. The third-order valence-corrected chi connectivity index (χ3v) is 13.6. The first-order valence-corrected chi connectivity index (χ1v) is 24.3. The fourth-order valence-electron chi connectivity index (χ4n) is 9.95. The summed E-state index contributed by atoms with van der Waals surface area (Å²) in [6.45, 7) is 14.4. The van der Waals surface area contributed by atoms with E-state index in [1.165, 1.54) is 9.91 Å². The molecule has 17 nitrogen and oxygen atoms in total. The Morgan fingerprint density at radius 3 is 2.47 bits per heavy atom. The predicted octanol–water partition coefficient (Wildman–Crippen LogP) is 4.26. The number of likely N-dealkylation sites (N-methyl/N-ethyl adjacent to an activating group) is 1. The third-order valence-electron chi connectivity index (χ3n) is 13.6. The first kappa shape index (κ1) is 60.6. The van der Waals surface area contributed by atoms with Gasteiger partial charge in [0.1, 0.15) is 29.7 Å². The van der Waals surface area contributed by atoms with Crippen molar-refractivity contribution in [2.45, 2.75) is 91.4 Å². The quantitative estimate of drug-likeness (QED) is 0.168. The van der Waals surface area contributed by atoms with E-state index in [0.29, 0.717) is 69.7 Å². The van der Waals surface area contributed by atoms with E-state index in [4.69, 9.17) is 14.5 Å². The Bertz CT molecular complexity index is 2670. The number of cyclic esters (lactones) is 1. The first-order chi connectivity index (χ1) is 33.1. The molecule has 3 fully saturated rings. The Balaban J connectivity index is 0.00000289. The normalized spacial score (nSPS) is 20.3. The lowest BCUT2D eigenvalue weighted by Crippen LogP contribution is -2.62. The number of hydrogen-bond donors (Lipinski definition) is 3. The number of carbonyl (C=O) groups is 5. The van der Waals surface area contributed by atoms with Gasteiger partial charge in [0.15, 0.2) is 0 Å². The summed E-state index contributed by atoms with van der Waals surface area (Å²) < 4.78 is 13.6. The van der Waals surface area contributed by atoms with Gasteiger partial charge in [-0.05, 0) is 90.6 Å². The number of carbonyl (C=O) groups excluding carboxylic acids is 5. The zero-order valence-corrected chi connectivity index (χ0v) is 46.6. The zero-order chi connectivity index (χ0) is 49.0. The van der Waals surface area contributed by atoms with Crippen LogP contribution in [0.4, 0.5) is 0 Å². The number of benzene rings is 2. The predicted molar refractivity (Wildman–Crippen MR) is 300 cm³/mol. The minimum Gasteiger partial charge on any atom is -0.508 e. The average molecular weight is 1080 g/mol. The van der Waals surface area contributed by atoms with Crippen molar-refractivity contribution in [1.29, 1.82) is 0 Å². The van der Waals surface area contributed by atoms with Crippen LogP contribution < -0.4 is 10.7 Å². The van der Waals surface area contributed by atoms with E-state index in [0.717, 1.165) is 46.8 Å². The Labute approximate surface area is 456 Å². The summed E-state index contributed by atoms with van der Waals surface area (Å²) in [5, 5.41) is 15.6. The number of nitrogens with zero attached hydrogens (tertiary/aromatic N) is 7. The zero-order valence-electron chi connectivity index (χ0n) is 42.6. The molecule has 21 heteroatoms. The summed E-state index contributed by atoms with van der Waals surface area (Å²) in [4.78, 5) is 85.3. The van der Waals surface area contributed by atoms with Gasteiger partial charge in [0.05, 0.1) is 49.0 Å². The lowest BCUT2D eigenvalue weighted by molar-refractivity contribution is -0.155. The molecule has 0 saturated carbocycles. The van der Waals surface area contributed by atoms with E-state index in [-0.39, 0.29) is 104 Å². The molecule has 4 aliphatic rings. The molecule has 0 unspecified atom stereocenters. The number of aromatic nitrogens is 3. The lowest BCUT2D eigenvalue weighted by Gasteiger charge is -2.37. The van der Waals surface area contributed by atoms with Gasteiger partial charge in [-0.15, -0.1) is 0 Å². The maximum Gasteiger partial charge on any atom is 0.324 e. The highest BCUT2D eigenvalue weighted by Crippen LogP contribution is 2.35. The number of likely N-dealkylation sites (tertiary alicyclic amines) is 1. The van der Waals surface area contributed by atoms with Crippen molar-refractivity contribution in [1.82, 2.24) is 45.0 Å². The molecule has 3 saturated heterocycles. The van der Waals surface area contributed by atoms with Crippen molar-refractivity contribution in [3.05, 3.63) is 66.0 Å². The van der Waals surface area contributed by atoms with Crippen LogP contribution in [0.3, 0.4) is 0 Å². The van der Waals surface area contributed by atoms with Crippen LogP contribution in [-0.4, -0.2) is 153 Å². The number of aromatic hydroxyl groups is 1. The molecular formula is C52H73N9O8S4. The number of esters is 1. The highest BCUT2D eigenvalue weighted by atomic mass is 32.1. The molecule has 8 rings (SSSR count). The van der Waals surface area contributed by atoms with E-state index in [9.17, 15) is 29.1 Å². The molecule has 4 atom stereocenters. The first-order valence-electron chi connectivity index (χ1n) is 24.3. The molecule has 398 valence electrons. The number of rotatable bonds is 8. The van der Waals surface area contributed by atoms with Gasteiger partial charge < -0.3 is 34.3 Å². The molecule has 3 N–H and O–H groups in total. The van der Waals surface area contributed by atoms with Crippen molar-refractivity contribution in [2.24, 2.45) is 17.3 Å². The number of nitrogens with one attached hydrogen (secondary N) is 2. The van der Waals surface area contributed by atoms with E-state index in [1.807, 2.05) is 64.1 Å². The van der Waals surface area contributed by atoms with Gasteiger partial charge in [-0.2, -0.15) is 54.0 Å². The van der Waals surface area contributed by atoms with Crippen LogP contribution in [0.5, 0.6) is 5.75 Å². The number of phenolic OH excluding ortho intramolecular Hbond substituents is 1. The van der Waals surface area contributed by atoms with Crippen LogP contribution in [0.1, 0.15) is 65.1 Å². The minimum absolute atomic E-state index is 0. The fraction of sp³-hybridized carbons (Fsp3) is 0.519. The number of aryl methyl sites for hydroxylation is 1. The van der Waals surface area contributed by atoms with Crippen LogP contribution in [0.15, 0.2) is 54.7 Å². The molecule has 6 heterocycles. The summed E-state index contributed by atoms with van der Waals surface area (Å²) in [7, 11) is 1.58. The van der Waals surface area contributed by atoms with Gasteiger partial charge in [0.25, 0.3) is 11.8 Å². The molecule has 0 radical (unpaired) electrons. The molecule has 0 spiro atoms. The van der Waals surface area contributed by atoms with Gasteiger partial charge in [0.2, 0.25) is 11.8 Å². The maximum absolute atomic E-state index is 14.7. The van der Waals surface area contributed by atoms with Gasteiger partial charge in [-0.1, -0.05) is 52.7 Å². The number of hydrogen-bond acceptors (Lipinski definition) is 12. The van der Waals surface area contributed by atoms with Crippen LogP contribution in [0.2, 0.25) is 0 Å². The van der Waals surface area contributed by atoms with E-state index in [1.54, 1.807) is 30.3 Å². The number of amides is 4. The van der Waals surface area contributed by atoms with Crippen molar-refractivity contribution in [3.63, 3.8) is 0 Å². The monoisotopic (exact) mass is 1080 g/mol. The summed E-state index contributed by atoms with van der Waals surface area (Å²) in [6.07, 6.45) is 3.82. The second-order valence-corrected chi connectivity index (χ2v) is 19.9. The smallest absolute Gasteiger partial charge is 0.324 e. The molecule has 2 aromatic carbocycles. The number of hydrazine groups is 1. The Hall–Kier alpha value is -4.95. The second-order valence-electron chi connectivity index (χ2n) is 19.9. The number of morpholine rings is 1. The van der Waals surface area contributed by atoms with Crippen LogP contribution in [-0.2, 0) is 52.8 Å². The second kappa shape index (κ2) is 26.5. The number of phenols is 1. The Morgan fingerprint density at radius 2 is 1.74 bits per heavy atom. The highest BCUT2D eigenvalue weighted by Gasteiger charge is 2.40. The van der Waals surface area contributed by atoms with Gasteiger partial charge >= 0.3 is 5.97 Å². The van der Waals surface area contributed by atoms with Gasteiger partial charge in [0, 0.05) is 69.9 Å². The molecular weight excluding hydrogens is 1010 g/mol. The summed E-state index contributed by atoms with van der Waals surface area (Å²) in [5.41, 5.74) is 8.01. The number of imidazole rings is 1. The molecule has 0 aliphatic carbocycles. The molecule has 6 bridgehead atoms. The van der Waals surface area contributed by atoms with E-state index < -0.39 is 47.2 Å². The minimum atomic E-state index is -1.17. The SMILES string of the molecule is CCc1ncccc1-c1nc2ccc3cc2n1CC(C)(C)COC(=O)[C@@H]1CCCN(N1)C(=O)[C@@H](NC(=O)[C@H](C(C)C)N(C)C(=O)[C@H]1CCN(C(=O)C#CCN2CCOCC2)C1)Cc1cc(O)cc-3c1.S.S.S.S. The number of ether oxygens (including phenoxy) is 2. The van der Waals surface area contributed by atoms with Crippen LogP contribution in [0, 0.1) is 29.1 Å². The standard InChI is InChI=1S/C52H65N9O8.4H2S/c1-7-40-39(11-8-17-53-40)47-54-41-15-14-35-29-44(41)60(47)31-52(4,5)32-69-51(67)42-12-9-19-61(56-42)50(66)43(27-34-25-37(35)28-38(62)26-34)55-48(64)46(33(2)3)57(6)49(65)36-16-20-59(30-36)45(63)13-10-18-58-21-23-68-24-22-58;;;;/h8,11,14-15,17,25-26,28-29,33,36,42-43,46,56,62H,7,9,12,16,18-24,27,30-32H2,1-6H3,(H,55,64);4*1H2/t36-,42-,43-,46-;;;;/m0..../s1. The van der Waals surface area contributed by atoms with Gasteiger partial charge in [-0.25, -0.2) is 10.4 Å². The van der Waals surface area contributed by atoms with Crippen LogP contribution in [0.25, 0.3) is 33.5 Å². The van der Waals surface area contributed by atoms with Crippen molar-refractivity contribution in [2.75, 3.05) is 66.1 Å². The summed E-state index contributed by atoms with van der Waals surface area (Å²) in [5.74, 6) is 3.39. The lowest BCUT2D eigenvalue weighted by atomic mass is 9.94. The van der Waals surface area contributed by atoms with E-state index in [2.05, 4.69) is 44.0 Å². The Morgan fingerprint density at radius 1 is 0.986 bits per heavy atom. The summed E-state index contributed by atoms with van der Waals surface area (Å²) in [6, 6.07) is 12.0. The van der Waals surface area contributed by atoms with Crippen molar-refractivity contribution >= 4 is 94.6 Å². The summed E-state index contributed by atoms with van der Waals surface area (Å²) >= 11 is 0. The van der Waals surface area contributed by atoms with E-state index >= 15 is 0 Å². The molecule has 73 heavy (non-hydrogen) atoms. The van der Waals surface area contributed by atoms with Crippen molar-refractivity contribution < 1.29 is 38.6 Å². The fourth-order valence-corrected chi connectivity index (χ4v) is 9.95. The van der Waals surface area contributed by atoms with Crippen LogP contribution >= 0.6 is 54.0 Å². The largest absolute Gasteiger partial charge is 0.508 e. The number of pyridine rings is 1. The Kier molecular flexibility index (Phi) is 22.0. The molecule has 4 aliphatic heterocycles. The number of fused-ring (bicyclic) bond motifs is 6. The molecule has 4 amide bonds.